The van der Waals surface area contributed by atoms with E-state index in [4.69, 9.17) is 4.42 Å². The SMILES string of the molecule is CCNc1ccc(C(=O)NCc2ccoc2)nc1. The van der Waals surface area contributed by atoms with Crippen LogP contribution >= 0.6 is 0 Å². The van der Waals surface area contributed by atoms with Crippen LogP contribution in [0.15, 0.2) is 41.3 Å². The molecule has 5 nitrogen and oxygen atoms in total. The van der Waals surface area contributed by atoms with Gasteiger partial charge in [0.1, 0.15) is 5.69 Å². The highest BCUT2D eigenvalue weighted by Crippen LogP contribution is 2.06. The van der Waals surface area contributed by atoms with Gasteiger partial charge in [-0.1, -0.05) is 0 Å². The maximum Gasteiger partial charge on any atom is 0.270 e. The van der Waals surface area contributed by atoms with Crippen LogP contribution in [-0.4, -0.2) is 17.4 Å². The van der Waals surface area contributed by atoms with Crippen molar-refractivity contribution >= 4 is 11.6 Å². The predicted molar refractivity (Wildman–Crippen MR) is 68.3 cm³/mol. The summed E-state index contributed by atoms with van der Waals surface area (Å²) in [7, 11) is 0. The molecule has 0 aliphatic heterocycles. The highest BCUT2D eigenvalue weighted by molar-refractivity contribution is 5.92. The first kappa shape index (κ1) is 12.2. The summed E-state index contributed by atoms with van der Waals surface area (Å²) in [6, 6.07) is 5.34. The number of furan rings is 1. The van der Waals surface area contributed by atoms with Gasteiger partial charge in [0.15, 0.2) is 0 Å². The minimum Gasteiger partial charge on any atom is -0.472 e. The zero-order valence-electron chi connectivity index (χ0n) is 10.1. The van der Waals surface area contributed by atoms with E-state index in [9.17, 15) is 4.79 Å². The lowest BCUT2D eigenvalue weighted by atomic mass is 10.3. The molecule has 1 amide bonds. The van der Waals surface area contributed by atoms with E-state index in [1.165, 1.54) is 0 Å². The van der Waals surface area contributed by atoms with Gasteiger partial charge in [0.25, 0.3) is 5.91 Å². The fraction of sp³-hybridized carbons (Fsp3) is 0.231. The number of rotatable bonds is 5. The normalized spacial score (nSPS) is 10.1. The van der Waals surface area contributed by atoms with Crippen LogP contribution in [0.25, 0.3) is 0 Å². The summed E-state index contributed by atoms with van der Waals surface area (Å²) in [5, 5.41) is 5.89. The molecule has 2 rings (SSSR count). The summed E-state index contributed by atoms with van der Waals surface area (Å²) < 4.78 is 4.92. The second-order valence-corrected chi connectivity index (χ2v) is 3.78. The van der Waals surface area contributed by atoms with Gasteiger partial charge in [-0.05, 0) is 25.1 Å². The number of nitrogens with one attached hydrogen (secondary N) is 2. The first-order chi connectivity index (χ1) is 8.79. The van der Waals surface area contributed by atoms with Crippen LogP contribution < -0.4 is 10.6 Å². The van der Waals surface area contributed by atoms with Crippen molar-refractivity contribution in [2.45, 2.75) is 13.5 Å². The van der Waals surface area contributed by atoms with Crippen LogP contribution in [0.5, 0.6) is 0 Å². The van der Waals surface area contributed by atoms with Crippen molar-refractivity contribution in [2.75, 3.05) is 11.9 Å². The van der Waals surface area contributed by atoms with Crippen molar-refractivity contribution in [3.05, 3.63) is 48.2 Å². The fourth-order valence-corrected chi connectivity index (χ4v) is 1.50. The summed E-state index contributed by atoms with van der Waals surface area (Å²) in [5.41, 5.74) is 2.23. The number of nitrogens with zero attached hydrogens (tertiary/aromatic N) is 1. The number of anilines is 1. The van der Waals surface area contributed by atoms with E-state index in [1.807, 2.05) is 19.1 Å². The number of pyridine rings is 1. The van der Waals surface area contributed by atoms with Gasteiger partial charge in [-0.15, -0.1) is 0 Å². The number of carbonyl (C=O) groups excluding carboxylic acids is 1. The average molecular weight is 245 g/mol. The largest absolute Gasteiger partial charge is 0.472 e. The molecule has 2 heterocycles. The Kier molecular flexibility index (Phi) is 3.96. The summed E-state index contributed by atoms with van der Waals surface area (Å²) in [6.45, 7) is 3.27. The smallest absolute Gasteiger partial charge is 0.270 e. The van der Waals surface area contributed by atoms with Gasteiger partial charge in [-0.2, -0.15) is 0 Å². The second-order valence-electron chi connectivity index (χ2n) is 3.78. The van der Waals surface area contributed by atoms with E-state index in [1.54, 1.807) is 24.8 Å². The molecule has 0 fully saturated rings. The second kappa shape index (κ2) is 5.86. The lowest BCUT2D eigenvalue weighted by Crippen LogP contribution is -2.23. The maximum absolute atomic E-state index is 11.8. The van der Waals surface area contributed by atoms with Crippen molar-refractivity contribution in [1.82, 2.24) is 10.3 Å². The Morgan fingerprint density at radius 3 is 2.89 bits per heavy atom. The number of hydrogen-bond acceptors (Lipinski definition) is 4. The maximum atomic E-state index is 11.8. The van der Waals surface area contributed by atoms with Crippen molar-refractivity contribution in [3.8, 4) is 0 Å². The summed E-state index contributed by atoms with van der Waals surface area (Å²) in [4.78, 5) is 15.9. The number of aromatic nitrogens is 1. The van der Waals surface area contributed by atoms with Crippen molar-refractivity contribution in [2.24, 2.45) is 0 Å². The third kappa shape index (κ3) is 3.10. The quantitative estimate of drug-likeness (QED) is 0.845. The molecule has 0 aliphatic carbocycles. The van der Waals surface area contributed by atoms with Gasteiger partial charge in [-0.25, -0.2) is 4.98 Å². The molecule has 0 bridgehead atoms. The predicted octanol–water partition coefficient (Wildman–Crippen LogP) is 2.04. The number of carbonyl (C=O) groups is 1. The van der Waals surface area contributed by atoms with E-state index in [-0.39, 0.29) is 5.91 Å². The third-order valence-electron chi connectivity index (χ3n) is 2.41. The fourth-order valence-electron chi connectivity index (χ4n) is 1.50. The Bertz CT molecular complexity index is 491. The van der Waals surface area contributed by atoms with Gasteiger partial charge < -0.3 is 15.1 Å². The minimum atomic E-state index is -0.195. The molecule has 0 atom stereocenters. The standard InChI is InChI=1S/C13H15N3O2/c1-2-14-11-3-4-12(15-8-11)13(17)16-7-10-5-6-18-9-10/h3-6,8-9,14H,2,7H2,1H3,(H,16,17). The van der Waals surface area contributed by atoms with E-state index < -0.39 is 0 Å². The van der Waals surface area contributed by atoms with Crippen LogP contribution in [0.2, 0.25) is 0 Å². The van der Waals surface area contributed by atoms with Crippen LogP contribution in [0.4, 0.5) is 5.69 Å². The molecule has 0 spiro atoms. The highest BCUT2D eigenvalue weighted by atomic mass is 16.3. The van der Waals surface area contributed by atoms with Crippen LogP contribution in [0, 0.1) is 0 Å². The molecule has 2 aromatic heterocycles. The van der Waals surface area contributed by atoms with Crippen molar-refractivity contribution in [3.63, 3.8) is 0 Å². The Labute approximate surface area is 105 Å². The molecule has 0 radical (unpaired) electrons. The van der Waals surface area contributed by atoms with Crippen LogP contribution in [0.3, 0.4) is 0 Å². The van der Waals surface area contributed by atoms with E-state index in [2.05, 4.69) is 15.6 Å². The molecule has 5 heteroatoms. The third-order valence-corrected chi connectivity index (χ3v) is 2.41. The minimum absolute atomic E-state index is 0.195. The first-order valence-corrected chi connectivity index (χ1v) is 5.79. The highest BCUT2D eigenvalue weighted by Gasteiger charge is 2.06. The lowest BCUT2D eigenvalue weighted by Gasteiger charge is -2.05. The molecule has 0 saturated heterocycles. The van der Waals surface area contributed by atoms with E-state index in [0.717, 1.165) is 17.8 Å². The van der Waals surface area contributed by atoms with Gasteiger partial charge in [0.2, 0.25) is 0 Å². The van der Waals surface area contributed by atoms with Gasteiger partial charge in [0.05, 0.1) is 24.4 Å². The van der Waals surface area contributed by atoms with Gasteiger partial charge in [0, 0.05) is 18.7 Å². The Morgan fingerprint density at radius 2 is 2.28 bits per heavy atom. The Hall–Kier alpha value is -2.30. The van der Waals surface area contributed by atoms with Gasteiger partial charge in [-0.3, -0.25) is 4.79 Å². The lowest BCUT2D eigenvalue weighted by molar-refractivity contribution is 0.0946. The molecule has 0 unspecified atom stereocenters. The zero-order valence-corrected chi connectivity index (χ0v) is 10.1. The average Bonchev–Trinajstić information content (AvgIpc) is 2.90. The molecule has 0 saturated carbocycles. The topological polar surface area (TPSA) is 67.2 Å². The molecular formula is C13H15N3O2. The van der Waals surface area contributed by atoms with Crippen molar-refractivity contribution in [1.29, 1.82) is 0 Å². The molecule has 0 aliphatic rings. The van der Waals surface area contributed by atoms with Crippen LogP contribution in [0.1, 0.15) is 23.0 Å². The summed E-state index contributed by atoms with van der Waals surface area (Å²) >= 11 is 0. The Morgan fingerprint density at radius 1 is 1.39 bits per heavy atom. The van der Waals surface area contributed by atoms with Crippen molar-refractivity contribution < 1.29 is 9.21 Å². The molecule has 2 N–H and O–H groups in total. The molecular weight excluding hydrogens is 230 g/mol. The Balaban J connectivity index is 1.92. The summed E-state index contributed by atoms with van der Waals surface area (Å²) in [6.07, 6.45) is 4.82. The van der Waals surface area contributed by atoms with E-state index in [0.29, 0.717) is 12.2 Å². The van der Waals surface area contributed by atoms with E-state index >= 15 is 0 Å². The van der Waals surface area contributed by atoms with Crippen LogP contribution in [-0.2, 0) is 6.54 Å². The summed E-state index contributed by atoms with van der Waals surface area (Å²) in [5.74, 6) is -0.195. The number of amides is 1. The molecule has 0 aromatic carbocycles. The first-order valence-electron chi connectivity index (χ1n) is 5.79. The molecule has 2 aromatic rings. The van der Waals surface area contributed by atoms with Gasteiger partial charge >= 0.3 is 0 Å². The molecule has 18 heavy (non-hydrogen) atoms. The monoisotopic (exact) mass is 245 g/mol. The molecule has 94 valence electrons. The zero-order chi connectivity index (χ0) is 12.8. The number of hydrogen-bond donors (Lipinski definition) is 2.